The Balaban J connectivity index is 1.87. The molecule has 27 heavy (non-hydrogen) atoms. The second kappa shape index (κ2) is 8.35. The number of nitrogens with zero attached hydrogens (tertiary/aromatic N) is 1. The maximum Gasteiger partial charge on any atom is 0.262 e. The second-order valence-corrected chi connectivity index (χ2v) is 7.87. The van der Waals surface area contributed by atoms with Gasteiger partial charge in [-0.25, -0.2) is 0 Å². The van der Waals surface area contributed by atoms with Crippen molar-refractivity contribution in [2.75, 3.05) is 13.7 Å². The molecule has 2 aromatic rings. The van der Waals surface area contributed by atoms with Crippen molar-refractivity contribution in [3.63, 3.8) is 0 Å². The van der Waals surface area contributed by atoms with E-state index in [-0.39, 0.29) is 17.5 Å². The van der Waals surface area contributed by atoms with E-state index in [0.717, 1.165) is 12.8 Å². The van der Waals surface area contributed by atoms with E-state index >= 15 is 0 Å². The molecule has 1 aromatic carbocycles. The molecular formula is C20H27N3O3S. The number of methoxy groups -OCH3 is 1. The fourth-order valence-corrected chi connectivity index (χ4v) is 4.10. The normalized spacial score (nSPS) is 22.7. The van der Waals surface area contributed by atoms with Crippen LogP contribution in [0.3, 0.4) is 0 Å². The Morgan fingerprint density at radius 2 is 2.15 bits per heavy atom. The maximum absolute atomic E-state index is 12.7. The third kappa shape index (κ3) is 4.14. The number of amides is 1. The number of fused-ring (bicyclic) bond motifs is 1. The second-order valence-electron chi connectivity index (χ2n) is 7.49. The fraction of sp³-hybridized carbons (Fsp3) is 0.550. The van der Waals surface area contributed by atoms with Crippen LogP contribution in [-0.4, -0.2) is 35.2 Å². The van der Waals surface area contributed by atoms with Crippen molar-refractivity contribution in [1.29, 1.82) is 0 Å². The van der Waals surface area contributed by atoms with Crippen LogP contribution < -0.4 is 10.9 Å². The van der Waals surface area contributed by atoms with Gasteiger partial charge in [-0.2, -0.15) is 0 Å². The lowest BCUT2D eigenvalue weighted by atomic mass is 9.78. The molecule has 146 valence electrons. The van der Waals surface area contributed by atoms with E-state index < -0.39 is 0 Å². The zero-order chi connectivity index (χ0) is 19.6. The number of hydrogen-bond donors (Lipinski definition) is 2. The minimum atomic E-state index is -0.174. The number of carbonyl (C=O) groups is 1. The molecule has 0 radical (unpaired) electrons. The third-order valence-electron chi connectivity index (χ3n) is 5.79. The molecule has 1 heterocycles. The number of H-pyrrole nitrogens is 1. The van der Waals surface area contributed by atoms with Gasteiger partial charge in [0.05, 0.1) is 24.1 Å². The van der Waals surface area contributed by atoms with Crippen LogP contribution >= 0.6 is 12.2 Å². The van der Waals surface area contributed by atoms with Crippen LogP contribution in [0.1, 0.15) is 43.5 Å². The Morgan fingerprint density at radius 3 is 2.89 bits per heavy atom. The van der Waals surface area contributed by atoms with Crippen molar-refractivity contribution in [3.8, 4) is 0 Å². The van der Waals surface area contributed by atoms with Gasteiger partial charge in [-0.05, 0) is 48.7 Å². The molecule has 7 heteroatoms. The molecule has 1 amide bonds. The quantitative estimate of drug-likeness (QED) is 0.770. The van der Waals surface area contributed by atoms with Crippen molar-refractivity contribution in [2.24, 2.45) is 11.8 Å². The number of rotatable bonds is 5. The van der Waals surface area contributed by atoms with Gasteiger partial charge in [0.1, 0.15) is 0 Å². The zero-order valence-electron chi connectivity index (χ0n) is 16.1. The van der Waals surface area contributed by atoms with Crippen LogP contribution in [-0.2, 0) is 11.3 Å². The number of nitrogens with one attached hydrogen (secondary N) is 2. The highest BCUT2D eigenvalue weighted by molar-refractivity contribution is 7.71. The molecular weight excluding hydrogens is 362 g/mol. The van der Waals surface area contributed by atoms with Crippen molar-refractivity contribution in [1.82, 2.24) is 14.9 Å². The predicted octanol–water partition coefficient (Wildman–Crippen LogP) is 3.26. The maximum atomic E-state index is 12.7. The van der Waals surface area contributed by atoms with Gasteiger partial charge >= 0.3 is 0 Å². The third-order valence-corrected chi connectivity index (χ3v) is 6.11. The van der Waals surface area contributed by atoms with Crippen LogP contribution in [0.25, 0.3) is 10.9 Å². The van der Waals surface area contributed by atoms with Crippen LogP contribution in [0, 0.1) is 16.6 Å². The molecule has 2 N–H and O–H groups in total. The summed E-state index contributed by atoms with van der Waals surface area (Å²) in [5, 5.41) is 3.68. The molecule has 1 saturated carbocycles. The van der Waals surface area contributed by atoms with Gasteiger partial charge in [-0.1, -0.05) is 26.7 Å². The summed E-state index contributed by atoms with van der Waals surface area (Å²) >= 11 is 5.30. The largest absolute Gasteiger partial charge is 0.383 e. The molecule has 3 rings (SSSR count). The molecule has 1 fully saturated rings. The Kier molecular flexibility index (Phi) is 6.11. The lowest BCUT2D eigenvalue weighted by Gasteiger charge is -2.34. The first kappa shape index (κ1) is 19.8. The molecule has 0 saturated heterocycles. The summed E-state index contributed by atoms with van der Waals surface area (Å²) in [7, 11) is 1.58. The summed E-state index contributed by atoms with van der Waals surface area (Å²) in [6.45, 7) is 5.24. The molecule has 0 aliphatic heterocycles. The van der Waals surface area contributed by atoms with Gasteiger partial charge in [0.25, 0.3) is 11.5 Å². The van der Waals surface area contributed by atoms with Crippen molar-refractivity contribution in [3.05, 3.63) is 38.9 Å². The lowest BCUT2D eigenvalue weighted by molar-refractivity contribution is 0.0891. The van der Waals surface area contributed by atoms with E-state index in [1.165, 1.54) is 11.0 Å². The van der Waals surface area contributed by atoms with Gasteiger partial charge in [0.15, 0.2) is 4.77 Å². The van der Waals surface area contributed by atoms with Crippen molar-refractivity contribution in [2.45, 2.75) is 45.7 Å². The van der Waals surface area contributed by atoms with E-state index in [1.807, 2.05) is 0 Å². The number of benzene rings is 1. The van der Waals surface area contributed by atoms with E-state index in [2.05, 4.69) is 24.1 Å². The smallest absolute Gasteiger partial charge is 0.262 e. The summed E-state index contributed by atoms with van der Waals surface area (Å²) in [5.41, 5.74) is 0.941. The Morgan fingerprint density at radius 1 is 1.37 bits per heavy atom. The first-order chi connectivity index (χ1) is 12.9. The van der Waals surface area contributed by atoms with Gasteiger partial charge in [-0.3, -0.25) is 14.2 Å². The standard InChI is InChI=1S/C20H27N3O3S/c1-12-5-4-6-16(13(12)2)21-18(24)14-7-8-15-17(11-14)22-20(27)23(19(15)25)9-10-26-3/h7-8,11-13,16H,4-6,9-10H2,1-3H3,(H,21,24)(H,22,27)/t12-,13+,16-/m1/s1. The zero-order valence-corrected chi connectivity index (χ0v) is 16.9. The summed E-state index contributed by atoms with van der Waals surface area (Å²) in [6.07, 6.45) is 3.37. The Labute approximate surface area is 163 Å². The molecule has 0 bridgehead atoms. The summed E-state index contributed by atoms with van der Waals surface area (Å²) in [5.74, 6) is 0.968. The SMILES string of the molecule is COCCn1c(=S)[nH]c2cc(C(=O)N[C@@H]3CCC[C@@H](C)[C@@H]3C)ccc2c1=O. The van der Waals surface area contributed by atoms with Crippen molar-refractivity contribution >= 4 is 29.0 Å². The van der Waals surface area contributed by atoms with Crippen molar-refractivity contribution < 1.29 is 9.53 Å². The summed E-state index contributed by atoms with van der Waals surface area (Å²) in [6, 6.07) is 5.29. The van der Waals surface area contributed by atoms with Gasteiger partial charge in [0.2, 0.25) is 0 Å². The molecule has 0 unspecified atom stereocenters. The average molecular weight is 390 g/mol. The predicted molar refractivity (Wildman–Crippen MR) is 109 cm³/mol. The summed E-state index contributed by atoms with van der Waals surface area (Å²) in [4.78, 5) is 28.5. The number of hydrogen-bond acceptors (Lipinski definition) is 4. The highest BCUT2D eigenvalue weighted by Crippen LogP contribution is 2.29. The number of aromatic nitrogens is 2. The van der Waals surface area contributed by atoms with E-state index in [4.69, 9.17) is 17.0 Å². The van der Waals surface area contributed by atoms with Gasteiger partial charge in [-0.15, -0.1) is 0 Å². The molecule has 3 atom stereocenters. The van der Waals surface area contributed by atoms with E-state index in [0.29, 0.717) is 46.2 Å². The molecule has 1 aliphatic carbocycles. The minimum Gasteiger partial charge on any atom is -0.383 e. The number of carbonyl (C=O) groups excluding carboxylic acids is 1. The van der Waals surface area contributed by atoms with E-state index in [9.17, 15) is 9.59 Å². The molecule has 1 aliphatic rings. The fourth-order valence-electron chi connectivity index (χ4n) is 3.82. The summed E-state index contributed by atoms with van der Waals surface area (Å²) < 4.78 is 6.84. The van der Waals surface area contributed by atoms with Crippen LogP contribution in [0.15, 0.2) is 23.0 Å². The Hall–Kier alpha value is -1.99. The molecule has 0 spiro atoms. The molecule has 6 nitrogen and oxygen atoms in total. The van der Waals surface area contributed by atoms with Gasteiger partial charge < -0.3 is 15.0 Å². The van der Waals surface area contributed by atoms with Crippen LogP contribution in [0.5, 0.6) is 0 Å². The topological polar surface area (TPSA) is 76.1 Å². The van der Waals surface area contributed by atoms with Gasteiger partial charge in [0, 0.05) is 18.7 Å². The van der Waals surface area contributed by atoms with E-state index in [1.54, 1.807) is 25.3 Å². The minimum absolute atomic E-state index is 0.106. The molecule has 1 aromatic heterocycles. The lowest BCUT2D eigenvalue weighted by Crippen LogP contribution is -2.43. The first-order valence-corrected chi connectivity index (χ1v) is 9.90. The highest BCUT2D eigenvalue weighted by atomic mass is 32.1. The number of ether oxygens (including phenoxy) is 1. The Bertz CT molecular complexity index is 950. The highest BCUT2D eigenvalue weighted by Gasteiger charge is 2.28. The van der Waals surface area contributed by atoms with Crippen LogP contribution in [0.2, 0.25) is 0 Å². The van der Waals surface area contributed by atoms with Crippen LogP contribution in [0.4, 0.5) is 0 Å². The monoisotopic (exact) mass is 389 g/mol. The first-order valence-electron chi connectivity index (χ1n) is 9.49. The number of aromatic amines is 1. The average Bonchev–Trinajstić information content (AvgIpc) is 2.65.